The molecule has 98 valence electrons. The van der Waals surface area contributed by atoms with Gasteiger partial charge in [-0.25, -0.2) is 4.98 Å². The van der Waals surface area contributed by atoms with Crippen LogP contribution >= 0.6 is 11.3 Å². The fourth-order valence-corrected chi connectivity index (χ4v) is 3.14. The van der Waals surface area contributed by atoms with Crippen LogP contribution in [0.15, 0.2) is 23.3 Å². The average Bonchev–Trinajstić information content (AvgIpc) is 2.80. The molecule has 0 spiro atoms. The molecule has 0 aromatic carbocycles. The topological polar surface area (TPSA) is 34.4 Å². The minimum atomic E-state index is 0.0145. The lowest BCUT2D eigenvalue weighted by Crippen LogP contribution is -2.09. The fraction of sp³-hybridized carbons (Fsp3) is 0.571. The van der Waals surface area contributed by atoms with Crippen LogP contribution in [-0.2, 0) is 0 Å². The molecule has 0 N–H and O–H groups in total. The summed E-state index contributed by atoms with van der Waals surface area (Å²) in [6.45, 7) is 4.47. The van der Waals surface area contributed by atoms with Crippen molar-refractivity contribution < 1.29 is 0 Å². The van der Waals surface area contributed by atoms with Crippen LogP contribution in [0.2, 0.25) is 0 Å². The van der Waals surface area contributed by atoms with Gasteiger partial charge in [0, 0.05) is 23.3 Å². The summed E-state index contributed by atoms with van der Waals surface area (Å²) in [6, 6.07) is 1.51. The zero-order valence-corrected chi connectivity index (χ0v) is 11.9. The van der Waals surface area contributed by atoms with Crippen molar-refractivity contribution in [1.29, 1.82) is 0 Å². The molecule has 2 rings (SSSR count). The first-order valence-corrected chi connectivity index (χ1v) is 7.51. The van der Waals surface area contributed by atoms with E-state index in [-0.39, 0.29) is 5.56 Å². The first-order chi connectivity index (χ1) is 8.72. The summed E-state index contributed by atoms with van der Waals surface area (Å²) < 4.78 is 1.66. The van der Waals surface area contributed by atoms with Gasteiger partial charge in [-0.15, -0.1) is 11.3 Å². The Labute approximate surface area is 112 Å². The number of nitrogens with zero attached hydrogens (tertiary/aromatic N) is 2. The van der Waals surface area contributed by atoms with E-state index in [4.69, 9.17) is 0 Å². The van der Waals surface area contributed by atoms with E-state index in [1.54, 1.807) is 21.9 Å². The zero-order valence-electron chi connectivity index (χ0n) is 11.1. The summed E-state index contributed by atoms with van der Waals surface area (Å²) in [7, 11) is 0. The molecule has 0 saturated heterocycles. The Balaban J connectivity index is 2.06. The predicted molar refractivity (Wildman–Crippen MR) is 76.5 cm³/mol. The van der Waals surface area contributed by atoms with Crippen LogP contribution in [0, 0.1) is 0 Å². The molecule has 2 heterocycles. The highest BCUT2D eigenvalue weighted by Gasteiger charge is 2.10. The number of unbranched alkanes of at least 4 members (excludes halogenated alkanes) is 3. The minimum Gasteiger partial charge on any atom is -0.269 e. The van der Waals surface area contributed by atoms with Crippen molar-refractivity contribution in [3.8, 4) is 0 Å². The minimum absolute atomic E-state index is 0.0145. The zero-order chi connectivity index (χ0) is 13.0. The van der Waals surface area contributed by atoms with Crippen LogP contribution in [0.1, 0.15) is 56.7 Å². The Morgan fingerprint density at radius 3 is 2.94 bits per heavy atom. The van der Waals surface area contributed by atoms with Gasteiger partial charge in [0.1, 0.15) is 0 Å². The van der Waals surface area contributed by atoms with Gasteiger partial charge in [0.05, 0.1) is 0 Å². The Bertz CT molecular complexity index is 558. The summed E-state index contributed by atoms with van der Waals surface area (Å²) in [5, 5.41) is 0. The van der Waals surface area contributed by atoms with E-state index >= 15 is 0 Å². The maximum absolute atomic E-state index is 11.6. The van der Waals surface area contributed by atoms with Gasteiger partial charge in [-0.3, -0.25) is 9.20 Å². The standard InChI is InChI=1S/C14H20N2OS/c1-3-4-5-6-7-11(2)12-10-16-13(17)8-9-15-14(16)18-12/h8-11H,3-7H2,1-2H3. The van der Waals surface area contributed by atoms with E-state index < -0.39 is 0 Å². The smallest absolute Gasteiger partial charge is 0.258 e. The third-order valence-electron chi connectivity index (χ3n) is 3.29. The van der Waals surface area contributed by atoms with E-state index in [0.29, 0.717) is 5.92 Å². The molecule has 0 radical (unpaired) electrons. The Kier molecular flexibility index (Phi) is 4.53. The van der Waals surface area contributed by atoms with Crippen LogP contribution in [0.4, 0.5) is 0 Å². The third kappa shape index (κ3) is 2.99. The summed E-state index contributed by atoms with van der Waals surface area (Å²) in [5.74, 6) is 0.521. The van der Waals surface area contributed by atoms with Crippen molar-refractivity contribution in [3.05, 3.63) is 33.7 Å². The molecular weight excluding hydrogens is 244 g/mol. The molecule has 2 aromatic heterocycles. The lowest BCUT2D eigenvalue weighted by molar-refractivity contribution is 0.584. The van der Waals surface area contributed by atoms with Crippen LogP contribution in [0.5, 0.6) is 0 Å². The number of fused-ring (bicyclic) bond motifs is 1. The lowest BCUT2D eigenvalue weighted by Gasteiger charge is -2.07. The molecule has 0 aliphatic rings. The molecule has 0 bridgehead atoms. The molecule has 3 nitrogen and oxygen atoms in total. The van der Waals surface area contributed by atoms with Crippen LogP contribution in [0.25, 0.3) is 4.96 Å². The lowest BCUT2D eigenvalue weighted by atomic mass is 10.0. The summed E-state index contributed by atoms with van der Waals surface area (Å²) in [4.78, 5) is 17.9. The SMILES string of the molecule is CCCCCCC(C)c1cn2c(=O)ccnc2s1. The highest BCUT2D eigenvalue weighted by Crippen LogP contribution is 2.27. The maximum atomic E-state index is 11.6. The quantitative estimate of drug-likeness (QED) is 0.743. The molecule has 0 saturated carbocycles. The molecule has 1 atom stereocenters. The highest BCUT2D eigenvalue weighted by molar-refractivity contribution is 7.17. The van der Waals surface area contributed by atoms with Crippen molar-refractivity contribution >= 4 is 16.3 Å². The fourth-order valence-electron chi connectivity index (χ4n) is 2.10. The second-order valence-corrected chi connectivity index (χ2v) is 5.86. The number of hydrogen-bond acceptors (Lipinski definition) is 3. The van der Waals surface area contributed by atoms with E-state index in [1.165, 1.54) is 43.0 Å². The molecular formula is C14H20N2OS. The van der Waals surface area contributed by atoms with Crippen molar-refractivity contribution in [2.75, 3.05) is 0 Å². The van der Waals surface area contributed by atoms with E-state index in [9.17, 15) is 4.79 Å². The number of aromatic nitrogens is 2. The second kappa shape index (κ2) is 6.14. The summed E-state index contributed by atoms with van der Waals surface area (Å²) in [6.07, 6.45) is 9.91. The monoisotopic (exact) mass is 264 g/mol. The molecule has 0 fully saturated rings. The van der Waals surface area contributed by atoms with Crippen molar-refractivity contribution in [2.45, 2.75) is 51.9 Å². The first-order valence-electron chi connectivity index (χ1n) is 6.69. The van der Waals surface area contributed by atoms with Crippen molar-refractivity contribution in [2.24, 2.45) is 0 Å². The van der Waals surface area contributed by atoms with Gasteiger partial charge < -0.3 is 0 Å². The molecule has 1 unspecified atom stereocenters. The predicted octanol–water partition coefficient (Wildman–Crippen LogP) is 3.83. The molecule has 2 aromatic rings. The number of thiazole rings is 1. The van der Waals surface area contributed by atoms with Crippen LogP contribution < -0.4 is 5.56 Å². The molecule has 4 heteroatoms. The highest BCUT2D eigenvalue weighted by atomic mass is 32.1. The van der Waals surface area contributed by atoms with Gasteiger partial charge in [0.15, 0.2) is 4.96 Å². The van der Waals surface area contributed by atoms with Crippen molar-refractivity contribution in [3.63, 3.8) is 0 Å². The third-order valence-corrected chi connectivity index (χ3v) is 4.52. The average molecular weight is 264 g/mol. The van der Waals surface area contributed by atoms with E-state index in [0.717, 1.165) is 4.96 Å². The summed E-state index contributed by atoms with van der Waals surface area (Å²) >= 11 is 1.64. The Hall–Kier alpha value is -1.16. The normalized spacial score (nSPS) is 13.0. The molecule has 18 heavy (non-hydrogen) atoms. The number of rotatable bonds is 6. The van der Waals surface area contributed by atoms with E-state index in [1.807, 2.05) is 6.20 Å². The molecule has 0 aliphatic carbocycles. The van der Waals surface area contributed by atoms with Crippen molar-refractivity contribution in [1.82, 2.24) is 9.38 Å². The number of hydrogen-bond donors (Lipinski definition) is 0. The summed E-state index contributed by atoms with van der Waals surface area (Å²) in [5.41, 5.74) is 0.0145. The van der Waals surface area contributed by atoms with Crippen LogP contribution in [-0.4, -0.2) is 9.38 Å². The molecule has 0 aliphatic heterocycles. The first kappa shape index (κ1) is 13.3. The largest absolute Gasteiger partial charge is 0.269 e. The van der Waals surface area contributed by atoms with Gasteiger partial charge in [-0.2, -0.15) is 0 Å². The van der Waals surface area contributed by atoms with Gasteiger partial charge >= 0.3 is 0 Å². The second-order valence-electron chi connectivity index (χ2n) is 4.82. The van der Waals surface area contributed by atoms with Gasteiger partial charge in [0.25, 0.3) is 5.56 Å². The van der Waals surface area contributed by atoms with E-state index in [2.05, 4.69) is 18.8 Å². The van der Waals surface area contributed by atoms with Gasteiger partial charge in [0.2, 0.25) is 0 Å². The maximum Gasteiger partial charge on any atom is 0.258 e. The molecule has 0 amide bonds. The van der Waals surface area contributed by atoms with Gasteiger partial charge in [-0.1, -0.05) is 39.5 Å². The Morgan fingerprint density at radius 1 is 1.39 bits per heavy atom. The van der Waals surface area contributed by atoms with Crippen LogP contribution in [0.3, 0.4) is 0 Å². The Morgan fingerprint density at radius 2 is 2.22 bits per heavy atom. The van der Waals surface area contributed by atoms with Gasteiger partial charge in [-0.05, 0) is 12.3 Å².